The van der Waals surface area contributed by atoms with Crippen molar-refractivity contribution in [3.05, 3.63) is 0 Å². The lowest BCUT2D eigenvalue weighted by atomic mass is 9.86. The van der Waals surface area contributed by atoms with Crippen molar-refractivity contribution >= 4 is 30.7 Å². The number of nitrogens with two attached hydrogens (primary N) is 1. The molecule has 6 heteroatoms. The number of likely N-dealkylation sites (N-methyl/N-ethyl adjacent to an activating group) is 1. The van der Waals surface area contributed by atoms with E-state index < -0.39 is 6.04 Å². The molecule has 4 nitrogen and oxygen atoms in total. The second-order valence-corrected chi connectivity index (χ2v) is 6.80. The third-order valence-corrected chi connectivity index (χ3v) is 4.28. The summed E-state index contributed by atoms with van der Waals surface area (Å²) in [6, 6.07) is 0.444. The fourth-order valence-corrected chi connectivity index (χ4v) is 2.39. The van der Waals surface area contributed by atoms with Crippen molar-refractivity contribution < 1.29 is 4.79 Å². The van der Waals surface area contributed by atoms with Gasteiger partial charge in [-0.15, -0.1) is 24.8 Å². The van der Waals surface area contributed by atoms with Crippen LogP contribution in [-0.2, 0) is 4.79 Å². The summed E-state index contributed by atoms with van der Waals surface area (Å²) in [4.78, 5) is 16.6. The average molecular weight is 328 g/mol. The Kier molecular flexibility index (Phi) is 9.37. The largest absolute Gasteiger partial charge is 0.341 e. The smallest absolute Gasteiger partial charge is 0.240 e. The fourth-order valence-electron chi connectivity index (χ4n) is 2.39. The normalized spacial score (nSPS) is 25.1. The first-order valence-electron chi connectivity index (χ1n) is 6.87. The Morgan fingerprint density at radius 3 is 2.25 bits per heavy atom. The van der Waals surface area contributed by atoms with Gasteiger partial charge in [-0.1, -0.05) is 20.8 Å². The van der Waals surface area contributed by atoms with Crippen molar-refractivity contribution in [2.24, 2.45) is 11.1 Å². The van der Waals surface area contributed by atoms with E-state index in [1.807, 2.05) is 32.7 Å². The molecule has 0 saturated carbocycles. The Morgan fingerprint density at radius 1 is 1.35 bits per heavy atom. The predicted octanol–water partition coefficient (Wildman–Crippen LogP) is 2.14. The van der Waals surface area contributed by atoms with Gasteiger partial charge in [0.05, 0.1) is 6.04 Å². The Bertz CT molecular complexity index is 307. The summed E-state index contributed by atoms with van der Waals surface area (Å²) in [6.45, 7) is 9.31. The molecule has 3 atom stereocenters. The third-order valence-electron chi connectivity index (χ3n) is 4.28. The lowest BCUT2D eigenvalue weighted by Gasteiger charge is -2.41. The first kappa shape index (κ1) is 22.3. The van der Waals surface area contributed by atoms with E-state index in [2.05, 4.69) is 18.9 Å². The average Bonchev–Trinajstić information content (AvgIpc) is 2.28. The summed E-state index contributed by atoms with van der Waals surface area (Å²) in [6.07, 6.45) is 2.08. The van der Waals surface area contributed by atoms with Crippen LogP contribution in [0.15, 0.2) is 0 Å². The zero-order chi connectivity index (χ0) is 14.1. The second kappa shape index (κ2) is 8.42. The molecule has 0 spiro atoms. The first-order chi connectivity index (χ1) is 8.14. The van der Waals surface area contributed by atoms with E-state index >= 15 is 0 Å². The van der Waals surface area contributed by atoms with Crippen molar-refractivity contribution in [2.75, 3.05) is 20.6 Å². The van der Waals surface area contributed by atoms with Gasteiger partial charge >= 0.3 is 0 Å². The van der Waals surface area contributed by atoms with Crippen molar-refractivity contribution in [1.29, 1.82) is 0 Å². The standard InChI is InChI=1S/C14H29N3O.2ClH/c1-10-9-11(7-8-16(10)5)17(6)13(18)12(15)14(2,3)4;;/h10-12H,7-9,15H2,1-6H3;2*1H/t10?,11?,12-;;/m1../s1. The number of halogens is 2. The minimum Gasteiger partial charge on any atom is -0.341 e. The summed E-state index contributed by atoms with van der Waals surface area (Å²) >= 11 is 0. The van der Waals surface area contributed by atoms with Crippen LogP contribution in [0.3, 0.4) is 0 Å². The van der Waals surface area contributed by atoms with Crippen LogP contribution >= 0.6 is 24.8 Å². The fraction of sp³-hybridized carbons (Fsp3) is 0.929. The molecule has 1 aliphatic rings. The number of hydrogen-bond acceptors (Lipinski definition) is 3. The van der Waals surface area contributed by atoms with E-state index in [9.17, 15) is 4.79 Å². The van der Waals surface area contributed by atoms with Crippen LogP contribution in [0.25, 0.3) is 0 Å². The van der Waals surface area contributed by atoms with Crippen LogP contribution in [-0.4, -0.2) is 54.5 Å². The Hall–Kier alpha value is -0.0300. The quantitative estimate of drug-likeness (QED) is 0.845. The van der Waals surface area contributed by atoms with Crippen LogP contribution in [0.2, 0.25) is 0 Å². The van der Waals surface area contributed by atoms with Gasteiger partial charge in [-0.25, -0.2) is 0 Å². The molecule has 1 rings (SSSR count). The zero-order valence-corrected chi connectivity index (χ0v) is 15.2. The molecular weight excluding hydrogens is 297 g/mol. The van der Waals surface area contributed by atoms with Crippen molar-refractivity contribution in [1.82, 2.24) is 9.80 Å². The minimum absolute atomic E-state index is 0. The third kappa shape index (κ3) is 5.40. The lowest BCUT2D eigenvalue weighted by Crippen LogP contribution is -2.55. The number of carbonyl (C=O) groups is 1. The van der Waals surface area contributed by atoms with Gasteiger partial charge in [0.15, 0.2) is 0 Å². The van der Waals surface area contributed by atoms with Gasteiger partial charge in [-0.3, -0.25) is 4.79 Å². The second-order valence-electron chi connectivity index (χ2n) is 6.80. The SMILES string of the molecule is CC1CC(N(C)C(=O)[C@@H](N)C(C)(C)C)CCN1C.Cl.Cl. The first-order valence-corrected chi connectivity index (χ1v) is 6.87. The van der Waals surface area contributed by atoms with Gasteiger partial charge in [0.25, 0.3) is 0 Å². The van der Waals surface area contributed by atoms with Gasteiger partial charge in [0.1, 0.15) is 0 Å². The number of nitrogens with zero attached hydrogens (tertiary/aromatic N) is 2. The molecule has 1 fully saturated rings. The molecule has 0 aliphatic carbocycles. The maximum Gasteiger partial charge on any atom is 0.240 e. The van der Waals surface area contributed by atoms with E-state index in [4.69, 9.17) is 5.73 Å². The highest BCUT2D eigenvalue weighted by molar-refractivity contribution is 5.85. The molecule has 0 aromatic carbocycles. The van der Waals surface area contributed by atoms with Crippen molar-refractivity contribution in [3.63, 3.8) is 0 Å². The molecule has 0 aromatic rings. The Morgan fingerprint density at radius 2 is 1.85 bits per heavy atom. The van der Waals surface area contributed by atoms with Crippen LogP contribution in [0.4, 0.5) is 0 Å². The van der Waals surface area contributed by atoms with Gasteiger partial charge in [0, 0.05) is 25.7 Å². The summed E-state index contributed by atoms with van der Waals surface area (Å²) in [5, 5.41) is 0. The molecule has 2 unspecified atom stereocenters. The van der Waals surface area contributed by atoms with Crippen LogP contribution < -0.4 is 5.73 Å². The monoisotopic (exact) mass is 327 g/mol. The van der Waals surface area contributed by atoms with E-state index in [0.717, 1.165) is 19.4 Å². The molecule has 2 N–H and O–H groups in total. The molecule has 1 saturated heterocycles. The highest BCUT2D eigenvalue weighted by Crippen LogP contribution is 2.23. The van der Waals surface area contributed by atoms with E-state index in [1.54, 1.807) is 0 Å². The van der Waals surface area contributed by atoms with Crippen LogP contribution in [0.1, 0.15) is 40.5 Å². The number of likely N-dealkylation sites (tertiary alicyclic amines) is 1. The summed E-state index contributed by atoms with van der Waals surface area (Å²) in [5.74, 6) is 0.0734. The highest BCUT2D eigenvalue weighted by atomic mass is 35.5. The van der Waals surface area contributed by atoms with E-state index in [1.165, 1.54) is 0 Å². The molecule has 0 bridgehead atoms. The Labute approximate surface area is 136 Å². The van der Waals surface area contributed by atoms with Gasteiger partial charge in [0.2, 0.25) is 5.91 Å². The van der Waals surface area contributed by atoms with Gasteiger partial charge in [-0.2, -0.15) is 0 Å². The molecular formula is C14H31Cl2N3O. The maximum absolute atomic E-state index is 12.4. The summed E-state index contributed by atoms with van der Waals surface area (Å²) < 4.78 is 0. The van der Waals surface area contributed by atoms with Crippen molar-refractivity contribution in [2.45, 2.75) is 58.7 Å². The number of rotatable bonds is 2. The molecule has 1 aliphatic heterocycles. The maximum atomic E-state index is 12.4. The predicted molar refractivity (Wildman–Crippen MR) is 89.8 cm³/mol. The molecule has 20 heavy (non-hydrogen) atoms. The number of amides is 1. The molecule has 122 valence electrons. The number of hydrogen-bond donors (Lipinski definition) is 1. The highest BCUT2D eigenvalue weighted by Gasteiger charge is 2.34. The van der Waals surface area contributed by atoms with E-state index in [0.29, 0.717) is 12.1 Å². The lowest BCUT2D eigenvalue weighted by molar-refractivity contribution is -0.136. The van der Waals surface area contributed by atoms with Crippen LogP contribution in [0.5, 0.6) is 0 Å². The van der Waals surface area contributed by atoms with Crippen LogP contribution in [0, 0.1) is 5.41 Å². The summed E-state index contributed by atoms with van der Waals surface area (Å²) in [7, 11) is 4.04. The molecule has 1 heterocycles. The molecule has 0 radical (unpaired) electrons. The Balaban J connectivity index is 0. The topological polar surface area (TPSA) is 49.6 Å². The summed E-state index contributed by atoms with van der Waals surface area (Å²) in [5.41, 5.74) is 5.88. The number of carbonyl (C=O) groups excluding carboxylic acids is 1. The van der Waals surface area contributed by atoms with Gasteiger partial charge in [-0.05, 0) is 32.2 Å². The molecule has 0 aromatic heterocycles. The number of piperidine rings is 1. The molecule has 1 amide bonds. The minimum atomic E-state index is -0.419. The van der Waals surface area contributed by atoms with Gasteiger partial charge < -0.3 is 15.5 Å². The van der Waals surface area contributed by atoms with E-state index in [-0.39, 0.29) is 36.1 Å². The zero-order valence-electron chi connectivity index (χ0n) is 13.5. The van der Waals surface area contributed by atoms with Crippen molar-refractivity contribution in [3.8, 4) is 0 Å².